The van der Waals surface area contributed by atoms with Gasteiger partial charge in [0, 0.05) is 11.8 Å². The second kappa shape index (κ2) is 5.40. The van der Waals surface area contributed by atoms with Gasteiger partial charge in [0.25, 0.3) is 0 Å². The van der Waals surface area contributed by atoms with Gasteiger partial charge in [0.05, 0.1) is 16.6 Å². The molecule has 1 unspecified atom stereocenters. The molecule has 0 bridgehead atoms. The molecule has 0 radical (unpaired) electrons. The molecule has 6 nitrogen and oxygen atoms in total. The number of hydrogen-bond acceptors (Lipinski definition) is 4. The van der Waals surface area contributed by atoms with Crippen LogP contribution < -0.4 is 11.1 Å². The van der Waals surface area contributed by atoms with E-state index in [0.29, 0.717) is 5.52 Å². The van der Waals surface area contributed by atoms with Crippen LogP contribution in [0.4, 0.5) is 0 Å². The van der Waals surface area contributed by atoms with E-state index in [-0.39, 0.29) is 17.1 Å². The summed E-state index contributed by atoms with van der Waals surface area (Å²) in [4.78, 5) is 37.8. The Hall–Kier alpha value is -2.02. The first-order valence-electron chi connectivity index (χ1n) is 6.68. The molecule has 2 aromatic rings. The van der Waals surface area contributed by atoms with E-state index < -0.39 is 17.1 Å². The van der Waals surface area contributed by atoms with Crippen molar-refractivity contribution in [1.82, 2.24) is 9.55 Å². The molecular weight excluding hydrogens is 292 g/mol. The van der Waals surface area contributed by atoms with Crippen molar-refractivity contribution in [2.45, 2.75) is 18.9 Å². The van der Waals surface area contributed by atoms with Crippen LogP contribution in [0.2, 0.25) is 0 Å². The van der Waals surface area contributed by atoms with Gasteiger partial charge in [-0.05, 0) is 30.7 Å². The number of para-hydroxylation sites is 1. The Balaban J connectivity index is 2.34. The highest BCUT2D eigenvalue weighted by molar-refractivity contribution is 7.99. The highest BCUT2D eigenvalue weighted by Crippen LogP contribution is 2.28. The van der Waals surface area contributed by atoms with Crippen LogP contribution in [0.1, 0.15) is 29.2 Å². The van der Waals surface area contributed by atoms with E-state index in [4.69, 9.17) is 0 Å². The Morgan fingerprint density at radius 1 is 1.38 bits per heavy atom. The topological polar surface area (TPSA) is 92.2 Å². The van der Waals surface area contributed by atoms with Gasteiger partial charge in [-0.1, -0.05) is 6.07 Å². The van der Waals surface area contributed by atoms with Gasteiger partial charge in [-0.15, -0.1) is 0 Å². The van der Waals surface area contributed by atoms with Crippen molar-refractivity contribution in [1.29, 1.82) is 0 Å². The van der Waals surface area contributed by atoms with E-state index in [2.05, 4.69) is 4.98 Å². The molecule has 1 fully saturated rings. The van der Waals surface area contributed by atoms with Crippen LogP contribution in [-0.2, 0) is 0 Å². The minimum Gasteiger partial charge on any atom is -0.478 e. The molecule has 2 heterocycles. The Bertz CT molecular complexity index is 818. The standard InChI is InChI=1S/C14H14N2O4S/c17-12-13(18)16(8-3-2-6-21-7-8)10-5-1-4-9(14(19)20)11(10)15-12/h1,4-5,8H,2-3,6-7H2,(H,15,17)(H,19,20). The van der Waals surface area contributed by atoms with Crippen LogP contribution in [0.3, 0.4) is 0 Å². The Kier molecular flexibility index (Phi) is 3.59. The first-order valence-corrected chi connectivity index (χ1v) is 7.83. The molecule has 3 rings (SSSR count). The lowest BCUT2D eigenvalue weighted by atomic mass is 10.1. The SMILES string of the molecule is O=C(O)c1cccc2c1[nH]c(=O)c(=O)n2C1CCCSC1. The summed E-state index contributed by atoms with van der Waals surface area (Å²) in [5, 5.41) is 9.23. The van der Waals surface area contributed by atoms with Gasteiger partial charge in [0.1, 0.15) is 0 Å². The number of carbonyl (C=O) groups is 1. The highest BCUT2D eigenvalue weighted by atomic mass is 32.2. The summed E-state index contributed by atoms with van der Waals surface area (Å²) in [6.07, 6.45) is 1.80. The number of rotatable bonds is 2. The smallest absolute Gasteiger partial charge is 0.337 e. The lowest BCUT2D eigenvalue weighted by Crippen LogP contribution is -2.40. The first kappa shape index (κ1) is 13.9. The van der Waals surface area contributed by atoms with E-state index in [0.717, 1.165) is 24.3 Å². The zero-order chi connectivity index (χ0) is 15.0. The quantitative estimate of drug-likeness (QED) is 0.819. The molecule has 1 saturated heterocycles. The van der Waals surface area contributed by atoms with Crippen molar-refractivity contribution < 1.29 is 9.90 Å². The summed E-state index contributed by atoms with van der Waals surface area (Å²) in [6.45, 7) is 0. The zero-order valence-electron chi connectivity index (χ0n) is 11.2. The fourth-order valence-electron chi connectivity index (χ4n) is 2.73. The molecule has 0 aliphatic carbocycles. The van der Waals surface area contributed by atoms with Crippen LogP contribution in [0.25, 0.3) is 11.0 Å². The summed E-state index contributed by atoms with van der Waals surface area (Å²) in [5.41, 5.74) is -0.691. The van der Waals surface area contributed by atoms with Crippen molar-refractivity contribution >= 4 is 28.8 Å². The molecule has 1 aromatic heterocycles. The molecule has 1 aliphatic rings. The van der Waals surface area contributed by atoms with E-state index in [9.17, 15) is 19.5 Å². The monoisotopic (exact) mass is 306 g/mol. The average molecular weight is 306 g/mol. The molecule has 1 aromatic carbocycles. The normalized spacial score (nSPS) is 18.8. The van der Waals surface area contributed by atoms with Crippen LogP contribution in [0.5, 0.6) is 0 Å². The van der Waals surface area contributed by atoms with Gasteiger partial charge in [-0.25, -0.2) is 4.79 Å². The van der Waals surface area contributed by atoms with E-state index in [1.807, 2.05) is 0 Å². The first-order chi connectivity index (χ1) is 10.1. The van der Waals surface area contributed by atoms with Gasteiger partial charge < -0.3 is 10.1 Å². The number of H-pyrrole nitrogens is 1. The van der Waals surface area contributed by atoms with Gasteiger partial charge in [-0.2, -0.15) is 11.8 Å². The van der Waals surface area contributed by atoms with Crippen molar-refractivity contribution in [2.75, 3.05) is 11.5 Å². The van der Waals surface area contributed by atoms with Crippen LogP contribution in [-0.4, -0.2) is 32.1 Å². The maximum Gasteiger partial charge on any atom is 0.337 e. The van der Waals surface area contributed by atoms with Gasteiger partial charge in [0.2, 0.25) is 0 Å². The molecule has 110 valence electrons. The summed E-state index contributed by atoms with van der Waals surface area (Å²) in [6, 6.07) is 4.63. The predicted molar refractivity (Wildman–Crippen MR) is 81.4 cm³/mol. The molecule has 0 saturated carbocycles. The number of aromatic carboxylic acids is 1. The maximum absolute atomic E-state index is 12.2. The third-order valence-corrected chi connectivity index (χ3v) is 4.88. The number of nitrogens with zero attached hydrogens (tertiary/aromatic N) is 1. The van der Waals surface area contributed by atoms with Gasteiger partial charge in [-0.3, -0.25) is 14.2 Å². The number of thioether (sulfide) groups is 1. The minimum absolute atomic E-state index is 0.00168. The van der Waals surface area contributed by atoms with Crippen molar-refractivity contribution in [3.63, 3.8) is 0 Å². The van der Waals surface area contributed by atoms with Gasteiger partial charge >= 0.3 is 17.1 Å². The largest absolute Gasteiger partial charge is 0.478 e. The fraction of sp³-hybridized carbons (Fsp3) is 0.357. The van der Waals surface area contributed by atoms with Crippen LogP contribution >= 0.6 is 11.8 Å². The summed E-state index contributed by atoms with van der Waals surface area (Å²) in [5.74, 6) is 0.683. The number of nitrogens with one attached hydrogen (secondary N) is 1. The predicted octanol–water partition coefficient (Wildman–Crippen LogP) is 1.46. The molecule has 7 heteroatoms. The minimum atomic E-state index is -1.13. The number of hydrogen-bond donors (Lipinski definition) is 2. The third kappa shape index (κ3) is 2.37. The summed E-state index contributed by atoms with van der Waals surface area (Å²) in [7, 11) is 0. The van der Waals surface area contributed by atoms with Crippen molar-refractivity contribution in [2.24, 2.45) is 0 Å². The summed E-state index contributed by atoms with van der Waals surface area (Å²) >= 11 is 1.74. The van der Waals surface area contributed by atoms with Gasteiger partial charge in [0.15, 0.2) is 0 Å². The second-order valence-corrected chi connectivity index (χ2v) is 6.15. The van der Waals surface area contributed by atoms with Crippen molar-refractivity contribution in [3.05, 3.63) is 44.5 Å². The fourth-order valence-corrected chi connectivity index (χ4v) is 3.85. The number of carboxylic acid groups (broad SMARTS) is 1. The Morgan fingerprint density at radius 3 is 2.86 bits per heavy atom. The number of aromatic amines is 1. The molecular formula is C14H14N2O4S. The number of benzene rings is 1. The molecule has 0 amide bonds. The Labute approximate surface area is 123 Å². The summed E-state index contributed by atoms with van der Waals surface area (Å²) < 4.78 is 1.47. The van der Waals surface area contributed by atoms with Crippen molar-refractivity contribution in [3.8, 4) is 0 Å². The number of aromatic nitrogens is 2. The van der Waals surface area contributed by atoms with E-state index in [1.54, 1.807) is 23.9 Å². The number of carboxylic acids is 1. The third-order valence-electron chi connectivity index (χ3n) is 3.69. The molecule has 1 atom stereocenters. The maximum atomic E-state index is 12.2. The molecule has 2 N–H and O–H groups in total. The molecule has 1 aliphatic heterocycles. The highest BCUT2D eigenvalue weighted by Gasteiger charge is 2.22. The lowest BCUT2D eigenvalue weighted by Gasteiger charge is -2.25. The van der Waals surface area contributed by atoms with E-state index in [1.165, 1.54) is 10.6 Å². The zero-order valence-corrected chi connectivity index (χ0v) is 12.0. The van der Waals surface area contributed by atoms with Crippen LogP contribution in [0, 0.1) is 0 Å². The Morgan fingerprint density at radius 2 is 2.19 bits per heavy atom. The van der Waals surface area contributed by atoms with E-state index >= 15 is 0 Å². The lowest BCUT2D eigenvalue weighted by molar-refractivity contribution is 0.0698. The molecule has 21 heavy (non-hydrogen) atoms. The van der Waals surface area contributed by atoms with Crippen LogP contribution in [0.15, 0.2) is 27.8 Å². The second-order valence-electron chi connectivity index (χ2n) is 5.01. The molecule has 0 spiro atoms. The number of fused-ring (bicyclic) bond motifs is 1. The average Bonchev–Trinajstić information content (AvgIpc) is 2.49.